The quantitative estimate of drug-likeness (QED) is 0.126. The molecule has 0 saturated carbocycles. The Labute approximate surface area is 186 Å². The van der Waals surface area contributed by atoms with Crippen molar-refractivity contribution >= 4 is 0 Å². The van der Waals surface area contributed by atoms with Gasteiger partial charge in [0, 0.05) is 7.11 Å². The van der Waals surface area contributed by atoms with Gasteiger partial charge < -0.3 is 47.4 Å². The van der Waals surface area contributed by atoms with Crippen LogP contribution in [-0.4, -0.2) is 126 Å². The molecule has 10 heteroatoms. The number of methoxy groups -OCH3 is 1. The van der Waals surface area contributed by atoms with Crippen molar-refractivity contribution in [3.63, 3.8) is 0 Å². The summed E-state index contributed by atoms with van der Waals surface area (Å²) in [6, 6.07) is 0. The molecule has 0 rings (SSSR count). The highest BCUT2D eigenvalue weighted by atomic mass is 16.6. The van der Waals surface area contributed by atoms with E-state index in [-0.39, 0.29) is 0 Å². The van der Waals surface area contributed by atoms with E-state index in [1.807, 2.05) is 0 Å². The first-order valence-corrected chi connectivity index (χ1v) is 10.7. The highest BCUT2D eigenvalue weighted by Crippen LogP contribution is 1.86. The second-order valence-electron chi connectivity index (χ2n) is 5.93. The fraction of sp³-hybridized carbons (Fsp3) is 0.905. The molecule has 0 heterocycles. The Kier molecular flexibility index (Phi) is 28.4. The number of ether oxygens (including phenoxy) is 10. The fourth-order valence-corrected chi connectivity index (χ4v) is 1.97. The van der Waals surface area contributed by atoms with Crippen molar-refractivity contribution in [2.75, 3.05) is 126 Å². The van der Waals surface area contributed by atoms with E-state index >= 15 is 0 Å². The van der Waals surface area contributed by atoms with E-state index < -0.39 is 0 Å². The maximum atomic E-state index is 5.42. The molecule has 0 aliphatic heterocycles. The third kappa shape index (κ3) is 29.2. The summed E-state index contributed by atoms with van der Waals surface area (Å²) in [4.78, 5) is 0. The van der Waals surface area contributed by atoms with Gasteiger partial charge in [-0.25, -0.2) is 0 Å². The van der Waals surface area contributed by atoms with Crippen LogP contribution in [0.2, 0.25) is 0 Å². The first kappa shape index (κ1) is 30.2. The summed E-state index contributed by atoms with van der Waals surface area (Å²) in [7, 11) is 1.65. The topological polar surface area (TPSA) is 92.3 Å². The summed E-state index contributed by atoms with van der Waals surface area (Å²) >= 11 is 0. The zero-order valence-corrected chi connectivity index (χ0v) is 19.1. The SMILES string of the molecule is C=COCCOCCOCCOCCOCCOCCOCCOCCOCCOC. The predicted octanol–water partition coefficient (Wildman–Crippen LogP) is 0.926. The lowest BCUT2D eigenvalue weighted by atomic mass is 10.6. The van der Waals surface area contributed by atoms with Crippen molar-refractivity contribution < 1.29 is 47.4 Å². The van der Waals surface area contributed by atoms with Crippen molar-refractivity contribution in [2.24, 2.45) is 0 Å². The minimum absolute atomic E-state index is 0.508. The first-order valence-electron chi connectivity index (χ1n) is 10.7. The van der Waals surface area contributed by atoms with Gasteiger partial charge in [-0.1, -0.05) is 6.58 Å². The Morgan fingerprint density at radius 3 is 0.839 bits per heavy atom. The summed E-state index contributed by atoms with van der Waals surface area (Å²) in [5.74, 6) is 0. The van der Waals surface area contributed by atoms with Gasteiger partial charge in [0.1, 0.15) is 6.61 Å². The monoisotopic (exact) mass is 454 g/mol. The fourth-order valence-electron chi connectivity index (χ4n) is 1.97. The molecule has 0 saturated heterocycles. The van der Waals surface area contributed by atoms with Crippen LogP contribution < -0.4 is 0 Å². The number of hydrogen-bond donors (Lipinski definition) is 0. The molecule has 0 bridgehead atoms. The zero-order valence-electron chi connectivity index (χ0n) is 19.1. The average Bonchev–Trinajstić information content (AvgIpc) is 2.78. The smallest absolute Gasteiger partial charge is 0.111 e. The molecule has 0 aromatic rings. The third-order valence-corrected chi connectivity index (χ3v) is 3.50. The van der Waals surface area contributed by atoms with Gasteiger partial charge in [0.15, 0.2) is 0 Å². The molecule has 0 aliphatic carbocycles. The van der Waals surface area contributed by atoms with Gasteiger partial charge in [-0.15, -0.1) is 0 Å². The molecule has 0 aromatic heterocycles. The van der Waals surface area contributed by atoms with Crippen LogP contribution in [0.1, 0.15) is 0 Å². The van der Waals surface area contributed by atoms with Crippen LogP contribution in [0.4, 0.5) is 0 Å². The van der Waals surface area contributed by atoms with Crippen LogP contribution in [-0.2, 0) is 47.4 Å². The lowest BCUT2D eigenvalue weighted by Crippen LogP contribution is -2.15. The highest BCUT2D eigenvalue weighted by Gasteiger charge is 1.95. The van der Waals surface area contributed by atoms with Crippen molar-refractivity contribution in [3.8, 4) is 0 Å². The van der Waals surface area contributed by atoms with Crippen molar-refractivity contribution in [2.45, 2.75) is 0 Å². The van der Waals surface area contributed by atoms with Gasteiger partial charge >= 0.3 is 0 Å². The molecular weight excluding hydrogens is 412 g/mol. The molecule has 0 spiro atoms. The van der Waals surface area contributed by atoms with E-state index in [9.17, 15) is 0 Å². The Bertz CT molecular complexity index is 333. The highest BCUT2D eigenvalue weighted by molar-refractivity contribution is 4.47. The molecule has 31 heavy (non-hydrogen) atoms. The normalized spacial score (nSPS) is 11.1. The van der Waals surface area contributed by atoms with Gasteiger partial charge in [0.2, 0.25) is 0 Å². The van der Waals surface area contributed by atoms with E-state index in [1.54, 1.807) is 7.11 Å². The van der Waals surface area contributed by atoms with Gasteiger partial charge in [-0.2, -0.15) is 0 Å². The van der Waals surface area contributed by atoms with Gasteiger partial charge in [-0.3, -0.25) is 0 Å². The molecule has 0 unspecified atom stereocenters. The molecule has 0 aliphatic rings. The summed E-state index contributed by atoms with van der Waals surface area (Å²) in [5, 5.41) is 0. The summed E-state index contributed by atoms with van der Waals surface area (Å²) in [5.41, 5.74) is 0. The van der Waals surface area contributed by atoms with E-state index in [0.717, 1.165) is 0 Å². The molecule has 0 amide bonds. The summed E-state index contributed by atoms with van der Waals surface area (Å²) in [6.45, 7) is 13.2. The second kappa shape index (κ2) is 29.2. The lowest BCUT2D eigenvalue weighted by molar-refractivity contribution is -0.0249. The minimum atomic E-state index is 0.508. The molecule has 0 fully saturated rings. The molecule has 0 N–H and O–H groups in total. The van der Waals surface area contributed by atoms with Crippen LogP contribution >= 0.6 is 0 Å². The molecule has 186 valence electrons. The molecule has 0 aromatic carbocycles. The average molecular weight is 455 g/mol. The van der Waals surface area contributed by atoms with Crippen LogP contribution in [0, 0.1) is 0 Å². The first-order chi connectivity index (χ1) is 15.4. The van der Waals surface area contributed by atoms with E-state index in [2.05, 4.69) is 6.58 Å². The summed E-state index contributed by atoms with van der Waals surface area (Å²) in [6.07, 6.45) is 1.40. The summed E-state index contributed by atoms with van der Waals surface area (Å²) < 4.78 is 52.8. The van der Waals surface area contributed by atoms with Gasteiger partial charge in [0.05, 0.1) is 119 Å². The van der Waals surface area contributed by atoms with Crippen molar-refractivity contribution in [1.29, 1.82) is 0 Å². The maximum Gasteiger partial charge on any atom is 0.111 e. The van der Waals surface area contributed by atoms with E-state index in [1.165, 1.54) is 6.26 Å². The Balaban J connectivity index is 2.98. The Morgan fingerprint density at radius 1 is 0.387 bits per heavy atom. The molecule has 0 atom stereocenters. The maximum absolute atomic E-state index is 5.42. The van der Waals surface area contributed by atoms with Crippen LogP contribution in [0.5, 0.6) is 0 Å². The molecule has 0 radical (unpaired) electrons. The number of hydrogen-bond acceptors (Lipinski definition) is 10. The van der Waals surface area contributed by atoms with Gasteiger partial charge in [0.25, 0.3) is 0 Å². The minimum Gasteiger partial charge on any atom is -0.499 e. The molecular formula is C21H42O10. The Morgan fingerprint density at radius 2 is 0.613 bits per heavy atom. The number of rotatable bonds is 28. The van der Waals surface area contributed by atoms with Crippen LogP contribution in [0.25, 0.3) is 0 Å². The lowest BCUT2D eigenvalue weighted by Gasteiger charge is -2.08. The largest absolute Gasteiger partial charge is 0.499 e. The van der Waals surface area contributed by atoms with Crippen LogP contribution in [0.15, 0.2) is 12.8 Å². The van der Waals surface area contributed by atoms with Gasteiger partial charge in [-0.05, 0) is 0 Å². The molecule has 10 nitrogen and oxygen atoms in total. The predicted molar refractivity (Wildman–Crippen MR) is 115 cm³/mol. The third-order valence-electron chi connectivity index (χ3n) is 3.50. The van der Waals surface area contributed by atoms with Crippen molar-refractivity contribution in [3.05, 3.63) is 12.8 Å². The van der Waals surface area contributed by atoms with E-state index in [0.29, 0.717) is 119 Å². The van der Waals surface area contributed by atoms with Crippen LogP contribution in [0.3, 0.4) is 0 Å². The Hall–Kier alpha value is -0.820. The van der Waals surface area contributed by atoms with Crippen molar-refractivity contribution in [1.82, 2.24) is 0 Å². The second-order valence-corrected chi connectivity index (χ2v) is 5.93. The standard InChI is InChI=1S/C21H42O10/c1-3-23-6-7-25-10-11-27-14-15-29-18-19-31-21-20-30-17-16-28-13-12-26-9-8-24-5-4-22-2/h3H,1,4-21H2,2H3. The van der Waals surface area contributed by atoms with E-state index in [4.69, 9.17) is 47.4 Å². The zero-order chi connectivity index (χ0) is 22.5.